The number of benzene rings is 2. The average molecular weight is 393 g/mol. The number of nitrogens with one attached hydrogen (secondary N) is 2. The summed E-state index contributed by atoms with van der Waals surface area (Å²) < 4.78 is 5.23. The van der Waals surface area contributed by atoms with Crippen LogP contribution in [0.2, 0.25) is 5.02 Å². The molecule has 0 saturated carbocycles. The fourth-order valence-electron chi connectivity index (χ4n) is 2.19. The van der Waals surface area contributed by atoms with Gasteiger partial charge in [0.1, 0.15) is 5.75 Å². The van der Waals surface area contributed by atoms with E-state index in [-0.39, 0.29) is 23.3 Å². The molecule has 0 radical (unpaired) electrons. The summed E-state index contributed by atoms with van der Waals surface area (Å²) in [5.74, 6) is 0.491. The van der Waals surface area contributed by atoms with Crippen LogP contribution < -0.4 is 15.4 Å². The van der Waals surface area contributed by atoms with Crippen LogP contribution in [-0.4, -0.2) is 30.4 Å². The Morgan fingerprint density at radius 1 is 1.04 bits per heavy atom. The minimum atomic E-state index is -0.210. The molecular weight excluding hydrogens is 372 g/mol. The molecule has 0 aliphatic heterocycles. The van der Waals surface area contributed by atoms with Crippen molar-refractivity contribution in [2.75, 3.05) is 29.2 Å². The number of anilines is 2. The minimum Gasteiger partial charge on any atom is -0.495 e. The summed E-state index contributed by atoms with van der Waals surface area (Å²) in [6, 6.07) is 11.0. The topological polar surface area (TPSA) is 67.4 Å². The highest BCUT2D eigenvalue weighted by Crippen LogP contribution is 2.31. The zero-order chi connectivity index (χ0) is 19.1. The molecule has 0 aromatic heterocycles. The van der Waals surface area contributed by atoms with Gasteiger partial charge in [0.2, 0.25) is 11.8 Å². The van der Waals surface area contributed by atoms with Gasteiger partial charge in [-0.1, -0.05) is 29.3 Å². The Labute approximate surface area is 162 Å². The molecule has 2 N–H and O–H groups in total. The molecule has 0 fully saturated rings. The molecule has 138 valence electrons. The van der Waals surface area contributed by atoms with Crippen LogP contribution in [0.25, 0.3) is 0 Å². The van der Waals surface area contributed by atoms with Gasteiger partial charge in [-0.2, -0.15) is 0 Å². The van der Waals surface area contributed by atoms with Gasteiger partial charge < -0.3 is 15.4 Å². The molecule has 5 nitrogen and oxygen atoms in total. The lowest BCUT2D eigenvalue weighted by molar-refractivity contribution is -0.114. The van der Waals surface area contributed by atoms with E-state index in [9.17, 15) is 9.59 Å². The second kappa shape index (κ2) is 9.50. The van der Waals surface area contributed by atoms with Crippen LogP contribution >= 0.6 is 23.4 Å². The van der Waals surface area contributed by atoms with Crippen molar-refractivity contribution in [2.24, 2.45) is 0 Å². The molecule has 0 heterocycles. The van der Waals surface area contributed by atoms with Gasteiger partial charge in [-0.3, -0.25) is 9.59 Å². The average Bonchev–Trinajstić information content (AvgIpc) is 2.60. The second-order valence-electron chi connectivity index (χ2n) is 5.76. The number of carbonyl (C=O) groups excluding carboxylic acids is 2. The van der Waals surface area contributed by atoms with E-state index >= 15 is 0 Å². The smallest absolute Gasteiger partial charge is 0.234 e. The molecule has 2 amide bonds. The molecule has 0 spiro atoms. The van der Waals surface area contributed by atoms with E-state index in [0.29, 0.717) is 16.5 Å². The molecule has 0 aliphatic rings. The number of halogens is 1. The molecule has 0 saturated heterocycles. The Balaban J connectivity index is 1.81. The summed E-state index contributed by atoms with van der Waals surface area (Å²) >= 11 is 7.29. The lowest BCUT2D eigenvalue weighted by Gasteiger charge is -2.12. The van der Waals surface area contributed by atoms with Gasteiger partial charge in [-0.05, 0) is 37.6 Å². The Morgan fingerprint density at radius 2 is 1.65 bits per heavy atom. The first-order valence-electron chi connectivity index (χ1n) is 7.97. The number of thioether (sulfide) groups is 1. The van der Waals surface area contributed by atoms with Crippen molar-refractivity contribution >= 4 is 46.6 Å². The van der Waals surface area contributed by atoms with Crippen LogP contribution in [0.1, 0.15) is 11.1 Å². The van der Waals surface area contributed by atoms with Crippen molar-refractivity contribution in [1.82, 2.24) is 0 Å². The number of aryl methyl sites for hydroxylation is 2. The Morgan fingerprint density at radius 3 is 2.27 bits per heavy atom. The summed E-state index contributed by atoms with van der Waals surface area (Å²) in [6.45, 7) is 3.83. The van der Waals surface area contributed by atoms with Crippen molar-refractivity contribution in [1.29, 1.82) is 0 Å². The maximum atomic E-state index is 12.1. The van der Waals surface area contributed by atoms with Crippen molar-refractivity contribution in [3.8, 4) is 5.75 Å². The summed E-state index contributed by atoms with van der Waals surface area (Å²) in [5.41, 5.74) is 3.27. The van der Waals surface area contributed by atoms with E-state index in [1.165, 1.54) is 18.9 Å². The maximum absolute atomic E-state index is 12.1. The zero-order valence-corrected chi connectivity index (χ0v) is 16.5. The molecular formula is C19H21ClN2O3S. The molecule has 2 rings (SSSR count). The number of amides is 2. The van der Waals surface area contributed by atoms with E-state index in [1.54, 1.807) is 12.1 Å². The second-order valence-corrected chi connectivity index (χ2v) is 7.15. The highest BCUT2D eigenvalue weighted by atomic mass is 35.5. The number of hydrogen-bond acceptors (Lipinski definition) is 4. The first kappa shape index (κ1) is 20.1. The standard InChI is InChI=1S/C19H21ClN2O3S/c1-12-4-6-14(7-5-12)21-18(23)10-26-11-19(24)22-16-8-13(2)15(20)9-17(16)25-3/h4-9H,10-11H2,1-3H3,(H,21,23)(H,22,24). The highest BCUT2D eigenvalue weighted by molar-refractivity contribution is 8.00. The van der Waals surface area contributed by atoms with E-state index in [2.05, 4.69) is 10.6 Å². The molecule has 0 aliphatic carbocycles. The normalized spacial score (nSPS) is 10.3. The van der Waals surface area contributed by atoms with Crippen molar-refractivity contribution in [3.63, 3.8) is 0 Å². The van der Waals surface area contributed by atoms with E-state index in [4.69, 9.17) is 16.3 Å². The van der Waals surface area contributed by atoms with Crippen molar-refractivity contribution in [2.45, 2.75) is 13.8 Å². The zero-order valence-electron chi connectivity index (χ0n) is 14.9. The van der Waals surface area contributed by atoms with Crippen LogP contribution in [-0.2, 0) is 9.59 Å². The van der Waals surface area contributed by atoms with Gasteiger partial charge in [-0.25, -0.2) is 0 Å². The third-order valence-electron chi connectivity index (χ3n) is 3.56. The van der Waals surface area contributed by atoms with Gasteiger partial charge in [-0.15, -0.1) is 11.8 Å². The number of ether oxygens (including phenoxy) is 1. The lowest BCUT2D eigenvalue weighted by atomic mass is 10.2. The van der Waals surface area contributed by atoms with Crippen LogP contribution in [0.3, 0.4) is 0 Å². The minimum absolute atomic E-state index is 0.147. The number of hydrogen-bond donors (Lipinski definition) is 2. The van der Waals surface area contributed by atoms with Gasteiger partial charge in [0.05, 0.1) is 24.3 Å². The van der Waals surface area contributed by atoms with E-state index < -0.39 is 0 Å². The largest absolute Gasteiger partial charge is 0.495 e. The third-order valence-corrected chi connectivity index (χ3v) is 4.90. The van der Waals surface area contributed by atoms with Crippen LogP contribution in [0.4, 0.5) is 11.4 Å². The Hall–Kier alpha value is -2.18. The highest BCUT2D eigenvalue weighted by Gasteiger charge is 2.11. The number of rotatable bonds is 7. The maximum Gasteiger partial charge on any atom is 0.234 e. The van der Waals surface area contributed by atoms with Crippen molar-refractivity contribution < 1.29 is 14.3 Å². The van der Waals surface area contributed by atoms with Crippen LogP contribution in [0.5, 0.6) is 5.75 Å². The summed E-state index contributed by atoms with van der Waals surface area (Å²) in [6.07, 6.45) is 0. The van der Waals surface area contributed by atoms with Crippen LogP contribution in [0.15, 0.2) is 36.4 Å². The molecule has 2 aromatic carbocycles. The van der Waals surface area contributed by atoms with Crippen LogP contribution in [0, 0.1) is 13.8 Å². The molecule has 26 heavy (non-hydrogen) atoms. The predicted octanol–water partition coefficient (Wildman–Crippen LogP) is 4.28. The molecule has 0 unspecified atom stereocenters. The predicted molar refractivity (Wildman–Crippen MR) is 109 cm³/mol. The van der Waals surface area contributed by atoms with Gasteiger partial charge in [0.25, 0.3) is 0 Å². The summed E-state index contributed by atoms with van der Waals surface area (Å²) in [5, 5.41) is 6.15. The number of carbonyl (C=O) groups is 2. The van der Waals surface area contributed by atoms with E-state index in [0.717, 1.165) is 16.8 Å². The lowest BCUT2D eigenvalue weighted by Crippen LogP contribution is -2.18. The molecule has 0 bridgehead atoms. The Kier molecular flexibility index (Phi) is 7.36. The molecule has 2 aromatic rings. The third kappa shape index (κ3) is 5.97. The van der Waals surface area contributed by atoms with Gasteiger partial charge >= 0.3 is 0 Å². The molecule has 0 atom stereocenters. The SMILES string of the molecule is COc1cc(Cl)c(C)cc1NC(=O)CSCC(=O)Nc1ccc(C)cc1. The van der Waals surface area contributed by atoms with Gasteiger partial charge in [0.15, 0.2) is 0 Å². The molecule has 7 heteroatoms. The fourth-order valence-corrected chi connectivity index (χ4v) is 2.96. The monoisotopic (exact) mass is 392 g/mol. The quantitative estimate of drug-likeness (QED) is 0.738. The Bertz CT molecular complexity index is 794. The fraction of sp³-hybridized carbons (Fsp3) is 0.263. The van der Waals surface area contributed by atoms with Crippen molar-refractivity contribution in [3.05, 3.63) is 52.5 Å². The van der Waals surface area contributed by atoms with Gasteiger partial charge in [0, 0.05) is 16.8 Å². The summed E-state index contributed by atoms with van der Waals surface area (Å²) in [4.78, 5) is 24.0. The first-order chi connectivity index (χ1) is 12.4. The first-order valence-corrected chi connectivity index (χ1v) is 9.50. The summed E-state index contributed by atoms with van der Waals surface area (Å²) in [7, 11) is 1.51. The van der Waals surface area contributed by atoms with E-state index in [1.807, 2.05) is 38.1 Å². The number of methoxy groups -OCH3 is 1.